The molecule has 0 radical (unpaired) electrons. The zero-order valence-electron chi connectivity index (χ0n) is 17.9. The van der Waals surface area contributed by atoms with Crippen LogP contribution in [0.2, 0.25) is 0 Å². The van der Waals surface area contributed by atoms with Crippen LogP contribution in [-0.2, 0) is 0 Å². The summed E-state index contributed by atoms with van der Waals surface area (Å²) in [5.41, 5.74) is 5.85. The second-order valence-electron chi connectivity index (χ2n) is 7.63. The highest BCUT2D eigenvalue weighted by atomic mass is 16.3. The Balaban J connectivity index is 1.63. The van der Waals surface area contributed by atoms with Crippen molar-refractivity contribution < 1.29 is 6.48 Å². The van der Waals surface area contributed by atoms with Crippen molar-refractivity contribution in [2.45, 2.75) is 0 Å². The van der Waals surface area contributed by atoms with Gasteiger partial charge in [0.1, 0.15) is 5.76 Å². The number of aliphatic hydroxyl groups is 1. The third-order valence-corrected chi connectivity index (χ3v) is 5.31. The molecule has 5 heterocycles. The topological polar surface area (TPSA) is 73.1 Å². The minimum atomic E-state index is 0.0386. The molecule has 6 rings (SSSR count). The van der Waals surface area contributed by atoms with E-state index >= 15 is 0 Å². The number of allylic oxidation sites excluding steroid dienone is 8. The van der Waals surface area contributed by atoms with Crippen LogP contribution in [0.5, 0.6) is 0 Å². The number of fused-ring (bicyclic) bond motifs is 5. The molecule has 8 bridgehead atoms. The number of nitrogens with zero attached hydrogens (tertiary/aromatic N) is 3. The predicted octanol–water partition coefficient (Wildman–Crippen LogP) is 3.66. The van der Waals surface area contributed by atoms with Crippen molar-refractivity contribution in [1.29, 1.82) is 0 Å². The van der Waals surface area contributed by atoms with Gasteiger partial charge in [-0.05, 0) is 66.8 Å². The number of aliphatic imine (C=N–C) groups is 3. The summed E-state index contributed by atoms with van der Waals surface area (Å²) in [5, 5.41) is 12.1. The Morgan fingerprint density at radius 3 is 1.91 bits per heavy atom. The Hall–Kier alpha value is -4.51. The van der Waals surface area contributed by atoms with Crippen LogP contribution in [0.15, 0.2) is 117 Å². The van der Waals surface area contributed by atoms with E-state index in [-0.39, 0.29) is 11.8 Å². The maximum absolute atomic E-state index is 11.1. The minimum Gasteiger partial charge on any atom is -0.507 e. The average molecular weight is 415 g/mol. The quantitative estimate of drug-likeness (QED) is 0.733. The van der Waals surface area contributed by atoms with E-state index in [1.807, 2.05) is 91.1 Å². The van der Waals surface area contributed by atoms with Crippen LogP contribution in [0.1, 0.15) is 12.6 Å². The lowest BCUT2D eigenvalue weighted by Gasteiger charge is -1.98. The Morgan fingerprint density at radius 1 is 0.719 bits per heavy atom. The molecule has 32 heavy (non-hydrogen) atoms. The molecule has 5 nitrogen and oxygen atoms in total. The molecule has 4 aliphatic rings. The first-order valence-electron chi connectivity index (χ1n) is 10.8. The Morgan fingerprint density at radius 2 is 1.28 bits per heavy atom. The van der Waals surface area contributed by atoms with E-state index in [2.05, 4.69) is 20.0 Å². The van der Waals surface area contributed by atoms with Crippen LogP contribution in [0.3, 0.4) is 0 Å². The Bertz CT molecular complexity index is 1600. The first kappa shape index (κ1) is 17.2. The van der Waals surface area contributed by atoms with Crippen molar-refractivity contribution in [3.63, 3.8) is 0 Å². The molecule has 0 aliphatic carbocycles. The highest BCUT2D eigenvalue weighted by Gasteiger charge is 2.11. The lowest BCUT2D eigenvalue weighted by Crippen LogP contribution is -2.26. The molecule has 152 valence electrons. The van der Waals surface area contributed by atoms with Gasteiger partial charge in [-0.3, -0.25) is 0 Å². The van der Waals surface area contributed by atoms with Gasteiger partial charge < -0.3 is 10.1 Å². The third-order valence-electron chi connectivity index (χ3n) is 5.31. The van der Waals surface area contributed by atoms with Crippen LogP contribution in [0.25, 0.3) is 17.9 Å². The van der Waals surface area contributed by atoms with Crippen molar-refractivity contribution in [3.8, 4) is 0 Å². The van der Waals surface area contributed by atoms with Gasteiger partial charge in [-0.2, -0.15) is 0 Å². The summed E-state index contributed by atoms with van der Waals surface area (Å²) in [6, 6.07) is 9.44. The van der Waals surface area contributed by atoms with Crippen molar-refractivity contribution in [2.75, 3.05) is 0 Å². The maximum atomic E-state index is 11.1. The fourth-order valence-electron chi connectivity index (χ4n) is 3.81. The molecule has 0 saturated heterocycles. The van der Waals surface area contributed by atoms with Crippen molar-refractivity contribution in [1.82, 2.24) is 4.98 Å². The molecule has 1 aromatic heterocycles. The summed E-state index contributed by atoms with van der Waals surface area (Å²) in [6.07, 6.45) is 19.0. The van der Waals surface area contributed by atoms with Gasteiger partial charge in [0.25, 0.3) is 0 Å². The molecule has 0 atom stereocenters. The minimum absolute atomic E-state index is 0.0386. The van der Waals surface area contributed by atoms with E-state index in [4.69, 9.17) is 1.37 Å². The highest BCUT2D eigenvalue weighted by Crippen LogP contribution is 2.18. The fourth-order valence-corrected chi connectivity index (χ4v) is 3.81. The van der Waals surface area contributed by atoms with Crippen LogP contribution < -0.4 is 10.6 Å². The molecule has 0 saturated carbocycles. The maximum Gasteiger partial charge on any atom is 0.132 e. The fraction of sp³-hybridized carbons (Fsp3) is 0. The summed E-state index contributed by atoms with van der Waals surface area (Å²) in [4.78, 5) is 17.2. The number of aromatic nitrogens is 1. The van der Waals surface area contributed by atoms with Gasteiger partial charge in [0, 0.05) is 16.5 Å². The molecule has 0 fully saturated rings. The number of H-pyrrole nitrogens is 1. The molecule has 2 aromatic rings. The van der Waals surface area contributed by atoms with Crippen LogP contribution in [0, 0.1) is 0 Å². The van der Waals surface area contributed by atoms with Gasteiger partial charge >= 0.3 is 0 Å². The molecular weight excluding hydrogens is 396 g/mol. The second kappa shape index (κ2) is 7.32. The molecule has 0 unspecified atom stereocenters. The molecule has 4 aliphatic heterocycles. The van der Waals surface area contributed by atoms with Crippen molar-refractivity contribution >= 4 is 35.0 Å². The summed E-state index contributed by atoms with van der Waals surface area (Å²) in [5.74, 6) is 0.0386. The van der Waals surface area contributed by atoms with Crippen molar-refractivity contribution in [3.05, 3.63) is 124 Å². The second-order valence-corrected chi connectivity index (χ2v) is 7.63. The lowest BCUT2D eigenvalue weighted by atomic mass is 10.1. The number of hydrogen-bond acceptors (Lipinski definition) is 4. The van der Waals surface area contributed by atoms with E-state index in [0.717, 1.165) is 28.5 Å². The molecule has 5 heteroatoms. The number of nitrogens with one attached hydrogen (secondary N) is 1. The molecule has 0 amide bonds. The van der Waals surface area contributed by atoms with Crippen LogP contribution >= 0.6 is 0 Å². The number of benzene rings is 1. The number of aromatic amines is 1. The summed E-state index contributed by atoms with van der Waals surface area (Å²) >= 11 is 0. The van der Waals surface area contributed by atoms with Gasteiger partial charge in [-0.1, -0.05) is 30.3 Å². The van der Waals surface area contributed by atoms with Gasteiger partial charge in [-0.25, -0.2) is 15.0 Å². The summed E-state index contributed by atoms with van der Waals surface area (Å²) in [7, 11) is 0. The van der Waals surface area contributed by atoms with Crippen LogP contribution in [0.4, 0.5) is 0 Å². The molecular formula is C27H18N4O. The lowest BCUT2D eigenvalue weighted by molar-refractivity contribution is 0.507. The van der Waals surface area contributed by atoms with E-state index in [9.17, 15) is 5.11 Å². The summed E-state index contributed by atoms with van der Waals surface area (Å²) in [6.45, 7) is 0. The first-order chi connectivity index (χ1) is 16.1. The molecule has 2 N–H and O–H groups in total. The zero-order valence-corrected chi connectivity index (χ0v) is 16.9. The highest BCUT2D eigenvalue weighted by molar-refractivity contribution is 6.20. The van der Waals surface area contributed by atoms with E-state index in [1.165, 1.54) is 0 Å². The normalized spacial score (nSPS) is 19.4. The standard InChI is InChI=1S/C27H18N4O/c32-27(17-4-2-1-3-5-17)25-15-24-14-22-9-8-20(29-22)12-18-6-7-19(28-18)13-21-10-11-23(30-21)16-26(25)31-24/h1-16,31-32H/b18-12?,21-13?,22-14?,26-16?,27-25+/i15D. The van der Waals surface area contributed by atoms with Crippen molar-refractivity contribution in [2.24, 2.45) is 15.0 Å². The third kappa shape index (κ3) is 3.46. The summed E-state index contributed by atoms with van der Waals surface area (Å²) < 4.78 is 8.81. The number of aliphatic hydroxyl groups excluding tert-OH is 1. The molecule has 0 spiro atoms. The zero-order chi connectivity index (χ0) is 22.4. The predicted molar refractivity (Wildman–Crippen MR) is 130 cm³/mol. The van der Waals surface area contributed by atoms with E-state index in [0.29, 0.717) is 27.5 Å². The number of rotatable bonds is 1. The largest absolute Gasteiger partial charge is 0.507 e. The van der Waals surface area contributed by atoms with Gasteiger partial charge in [0.2, 0.25) is 0 Å². The van der Waals surface area contributed by atoms with E-state index < -0.39 is 0 Å². The number of hydrogen-bond donors (Lipinski definition) is 2. The van der Waals surface area contributed by atoms with Crippen LogP contribution in [-0.4, -0.2) is 27.2 Å². The van der Waals surface area contributed by atoms with Gasteiger partial charge in [0.05, 0.1) is 40.9 Å². The van der Waals surface area contributed by atoms with E-state index in [1.54, 1.807) is 0 Å². The monoisotopic (exact) mass is 415 g/mol. The average Bonchev–Trinajstić information content (AvgIpc) is 3.60. The van der Waals surface area contributed by atoms with Gasteiger partial charge in [0.15, 0.2) is 0 Å². The Labute approximate surface area is 185 Å². The first-order valence-corrected chi connectivity index (χ1v) is 10.3. The molecule has 1 aromatic carbocycles. The SMILES string of the molecule is [2H]c1c2[nH]c(/c1=C(/O)c1ccccc1)=CC1=NC(=CC3=NC(=CC4=NC(=C2)C=C4)C=C3)C=C1. The Kier molecular flexibility index (Phi) is 3.93. The van der Waals surface area contributed by atoms with Gasteiger partial charge in [-0.15, -0.1) is 0 Å². The smallest absolute Gasteiger partial charge is 0.132 e.